The molecule has 0 fully saturated rings. The van der Waals surface area contributed by atoms with Crippen molar-refractivity contribution in [2.24, 2.45) is 0 Å². The molecule has 1 unspecified atom stereocenters. The average Bonchev–Trinajstić information content (AvgIpc) is 2.30. The highest BCUT2D eigenvalue weighted by molar-refractivity contribution is 9.10. The lowest BCUT2D eigenvalue weighted by Gasteiger charge is -2.15. The smallest absolute Gasteiger partial charge is 0.416 e. The fourth-order valence-corrected chi connectivity index (χ4v) is 2.09. The minimum Gasteiger partial charge on any atom is -0.465 e. The zero-order valence-corrected chi connectivity index (χ0v) is 12.3. The highest BCUT2D eigenvalue weighted by Crippen LogP contribution is 2.34. The number of esters is 1. The summed E-state index contributed by atoms with van der Waals surface area (Å²) in [5.74, 6) is -0.722. The summed E-state index contributed by atoms with van der Waals surface area (Å²) in [5, 5.41) is -1.14. The maximum absolute atomic E-state index is 12.8. The SMILES string of the molecule is CCOC(=O)C(Cl)Cc1ccc(Br)cc1C(F)(F)F. The van der Waals surface area contributed by atoms with Gasteiger partial charge in [0.25, 0.3) is 0 Å². The molecule has 0 aromatic heterocycles. The Morgan fingerprint density at radius 2 is 2.11 bits per heavy atom. The quantitative estimate of drug-likeness (QED) is 0.595. The molecule has 0 saturated heterocycles. The normalized spacial score (nSPS) is 13.2. The van der Waals surface area contributed by atoms with Gasteiger partial charge in [-0.1, -0.05) is 22.0 Å². The monoisotopic (exact) mass is 358 g/mol. The summed E-state index contributed by atoms with van der Waals surface area (Å²) in [6.07, 6.45) is -4.73. The Balaban J connectivity index is 2.98. The van der Waals surface area contributed by atoms with Crippen LogP contribution in [0.5, 0.6) is 0 Å². The second-order valence-corrected chi connectivity index (χ2v) is 5.17. The van der Waals surface area contributed by atoms with Crippen molar-refractivity contribution >= 4 is 33.5 Å². The topological polar surface area (TPSA) is 26.3 Å². The van der Waals surface area contributed by atoms with Gasteiger partial charge in [0, 0.05) is 10.9 Å². The summed E-state index contributed by atoms with van der Waals surface area (Å²) in [7, 11) is 0. The molecular weight excluding hydrogens is 348 g/mol. The molecule has 0 N–H and O–H groups in total. The summed E-state index contributed by atoms with van der Waals surface area (Å²) in [5.41, 5.74) is -0.847. The van der Waals surface area contributed by atoms with Crippen LogP contribution in [0, 0.1) is 0 Å². The van der Waals surface area contributed by atoms with Gasteiger partial charge in [0.1, 0.15) is 5.38 Å². The predicted molar refractivity (Wildman–Crippen MR) is 69.1 cm³/mol. The van der Waals surface area contributed by atoms with Gasteiger partial charge in [-0.25, -0.2) is 0 Å². The van der Waals surface area contributed by atoms with Crippen LogP contribution in [0.15, 0.2) is 22.7 Å². The Bertz CT molecular complexity index is 463. The van der Waals surface area contributed by atoms with Crippen molar-refractivity contribution in [1.82, 2.24) is 0 Å². The van der Waals surface area contributed by atoms with Crippen LogP contribution in [0.25, 0.3) is 0 Å². The molecule has 1 aromatic rings. The second-order valence-electron chi connectivity index (χ2n) is 3.72. The third-order valence-corrected chi connectivity index (χ3v) is 3.14. The zero-order valence-electron chi connectivity index (χ0n) is 9.93. The number of alkyl halides is 4. The van der Waals surface area contributed by atoms with E-state index in [1.165, 1.54) is 12.1 Å². The van der Waals surface area contributed by atoms with Crippen LogP contribution in [0.4, 0.5) is 13.2 Å². The van der Waals surface area contributed by atoms with E-state index in [4.69, 9.17) is 11.6 Å². The number of carbonyl (C=O) groups is 1. The Kier molecular flexibility index (Phi) is 5.67. The standard InChI is InChI=1S/C12H11BrClF3O2/c1-2-19-11(18)10(14)5-7-3-4-8(13)6-9(7)12(15,16)17/h3-4,6,10H,2,5H2,1H3. The van der Waals surface area contributed by atoms with Gasteiger partial charge in [0.05, 0.1) is 12.2 Å². The first-order valence-electron chi connectivity index (χ1n) is 5.42. The highest BCUT2D eigenvalue weighted by atomic mass is 79.9. The van der Waals surface area contributed by atoms with Crippen LogP contribution in [-0.4, -0.2) is 18.0 Å². The molecule has 1 rings (SSSR count). The van der Waals surface area contributed by atoms with Crippen molar-refractivity contribution in [3.63, 3.8) is 0 Å². The molecule has 7 heteroatoms. The first-order valence-corrected chi connectivity index (χ1v) is 6.65. The van der Waals surface area contributed by atoms with E-state index in [-0.39, 0.29) is 18.6 Å². The van der Waals surface area contributed by atoms with Crippen LogP contribution in [-0.2, 0) is 22.1 Å². The predicted octanol–water partition coefficient (Wildman–Crippen LogP) is 4.18. The van der Waals surface area contributed by atoms with Crippen molar-refractivity contribution in [2.45, 2.75) is 24.9 Å². The lowest BCUT2D eigenvalue weighted by Crippen LogP contribution is -2.22. The van der Waals surface area contributed by atoms with Crippen molar-refractivity contribution in [1.29, 1.82) is 0 Å². The minimum atomic E-state index is -4.50. The van der Waals surface area contributed by atoms with E-state index < -0.39 is 23.1 Å². The summed E-state index contributed by atoms with van der Waals surface area (Å²) >= 11 is 8.74. The van der Waals surface area contributed by atoms with Crippen LogP contribution < -0.4 is 0 Å². The molecule has 0 radical (unpaired) electrons. The van der Waals surface area contributed by atoms with Crippen LogP contribution in [0.1, 0.15) is 18.1 Å². The molecule has 0 aliphatic heterocycles. The average molecular weight is 360 g/mol. The number of ether oxygens (including phenoxy) is 1. The number of rotatable bonds is 4. The van der Waals surface area contributed by atoms with Gasteiger partial charge in [-0.05, 0) is 24.6 Å². The number of benzene rings is 1. The van der Waals surface area contributed by atoms with Gasteiger partial charge in [-0.2, -0.15) is 13.2 Å². The van der Waals surface area contributed by atoms with Crippen LogP contribution >= 0.6 is 27.5 Å². The van der Waals surface area contributed by atoms with Crippen molar-refractivity contribution in [3.8, 4) is 0 Å². The summed E-state index contributed by atoms with van der Waals surface area (Å²) < 4.78 is 43.5. The maximum Gasteiger partial charge on any atom is 0.416 e. The van der Waals surface area contributed by atoms with E-state index >= 15 is 0 Å². The Labute approximate surface area is 122 Å². The first kappa shape index (κ1) is 16.3. The lowest BCUT2D eigenvalue weighted by molar-refractivity contribution is -0.143. The Morgan fingerprint density at radius 3 is 2.63 bits per heavy atom. The molecule has 2 nitrogen and oxygen atoms in total. The molecule has 0 bridgehead atoms. The third-order valence-electron chi connectivity index (χ3n) is 2.32. The summed E-state index contributed by atoms with van der Waals surface area (Å²) in [4.78, 5) is 11.3. The van der Waals surface area contributed by atoms with E-state index in [2.05, 4.69) is 20.7 Å². The number of halogens is 5. The molecular formula is C12H11BrClF3O2. The largest absolute Gasteiger partial charge is 0.465 e. The molecule has 0 aliphatic rings. The lowest BCUT2D eigenvalue weighted by atomic mass is 10.0. The third kappa shape index (κ3) is 4.69. The van der Waals surface area contributed by atoms with Crippen molar-refractivity contribution < 1.29 is 22.7 Å². The van der Waals surface area contributed by atoms with Gasteiger partial charge in [0.2, 0.25) is 0 Å². The molecule has 1 atom stereocenters. The van der Waals surface area contributed by atoms with Crippen molar-refractivity contribution in [2.75, 3.05) is 6.61 Å². The zero-order chi connectivity index (χ0) is 14.6. The molecule has 0 spiro atoms. The van der Waals surface area contributed by atoms with Crippen LogP contribution in [0.3, 0.4) is 0 Å². The van der Waals surface area contributed by atoms with Gasteiger partial charge in [-0.15, -0.1) is 11.6 Å². The fourth-order valence-electron chi connectivity index (χ4n) is 1.50. The van der Waals surface area contributed by atoms with Crippen molar-refractivity contribution in [3.05, 3.63) is 33.8 Å². The van der Waals surface area contributed by atoms with Gasteiger partial charge in [0.15, 0.2) is 0 Å². The van der Waals surface area contributed by atoms with E-state index in [1.807, 2.05) is 0 Å². The number of hydrogen-bond donors (Lipinski definition) is 0. The Hall–Kier alpha value is -0.750. The molecule has 0 saturated carbocycles. The molecule has 19 heavy (non-hydrogen) atoms. The van der Waals surface area contributed by atoms with E-state index in [9.17, 15) is 18.0 Å². The fraction of sp³-hybridized carbons (Fsp3) is 0.417. The summed E-state index contributed by atoms with van der Waals surface area (Å²) in [6, 6.07) is 3.73. The van der Waals surface area contributed by atoms with Crippen LogP contribution in [0.2, 0.25) is 0 Å². The molecule has 106 valence electrons. The molecule has 0 heterocycles. The van der Waals surface area contributed by atoms with E-state index in [1.54, 1.807) is 6.92 Å². The number of hydrogen-bond acceptors (Lipinski definition) is 2. The first-order chi connectivity index (χ1) is 8.75. The summed E-state index contributed by atoms with van der Waals surface area (Å²) in [6.45, 7) is 1.73. The van der Waals surface area contributed by atoms with Gasteiger partial charge < -0.3 is 4.74 Å². The van der Waals surface area contributed by atoms with E-state index in [0.29, 0.717) is 4.47 Å². The van der Waals surface area contributed by atoms with Gasteiger partial charge >= 0.3 is 12.1 Å². The highest BCUT2D eigenvalue weighted by Gasteiger charge is 2.34. The Morgan fingerprint density at radius 1 is 1.47 bits per heavy atom. The molecule has 1 aromatic carbocycles. The maximum atomic E-state index is 12.8. The molecule has 0 amide bonds. The second kappa shape index (κ2) is 6.61. The van der Waals surface area contributed by atoms with E-state index in [0.717, 1.165) is 6.07 Å². The van der Waals surface area contributed by atoms with Gasteiger partial charge in [-0.3, -0.25) is 4.79 Å². The minimum absolute atomic E-state index is 0.0382. The molecule has 0 aliphatic carbocycles. The number of carbonyl (C=O) groups excluding carboxylic acids is 1.